The van der Waals surface area contributed by atoms with Crippen LogP contribution in [0.5, 0.6) is 0 Å². The van der Waals surface area contributed by atoms with Gasteiger partial charge in [0.25, 0.3) is 5.91 Å². The molecule has 27 heavy (non-hydrogen) atoms. The van der Waals surface area contributed by atoms with Crippen molar-refractivity contribution in [2.75, 3.05) is 0 Å². The number of nitrogens with zero attached hydrogens (tertiary/aromatic N) is 2. The van der Waals surface area contributed by atoms with E-state index >= 15 is 0 Å². The lowest BCUT2D eigenvalue weighted by atomic mass is 10.1. The second-order valence-electron chi connectivity index (χ2n) is 6.38. The summed E-state index contributed by atoms with van der Waals surface area (Å²) in [5, 5.41) is 3.06. The topological polar surface area (TPSA) is 60.1 Å². The van der Waals surface area contributed by atoms with Crippen LogP contribution in [0.25, 0.3) is 11.1 Å². The molecule has 0 aliphatic heterocycles. The fourth-order valence-electron chi connectivity index (χ4n) is 3.14. The number of aromatic nitrogens is 2. The van der Waals surface area contributed by atoms with Crippen LogP contribution in [-0.2, 0) is 6.54 Å². The number of furan rings is 1. The molecule has 0 aliphatic carbocycles. The SMILES string of the molecule is CC(NC(=O)c1cc2oc(Br)cc2n1Cc1ccccc1)c1ccncc1. The van der Waals surface area contributed by atoms with Crippen LogP contribution in [0.2, 0.25) is 0 Å². The summed E-state index contributed by atoms with van der Waals surface area (Å²) in [4.78, 5) is 17.0. The number of fused-ring (bicyclic) bond motifs is 1. The molecule has 0 aliphatic rings. The molecule has 0 fully saturated rings. The van der Waals surface area contributed by atoms with E-state index in [1.54, 1.807) is 18.5 Å². The lowest BCUT2D eigenvalue weighted by Gasteiger charge is -2.16. The molecule has 136 valence electrons. The van der Waals surface area contributed by atoms with Gasteiger partial charge in [-0.15, -0.1) is 0 Å². The van der Waals surface area contributed by atoms with Gasteiger partial charge < -0.3 is 14.3 Å². The zero-order chi connectivity index (χ0) is 18.8. The zero-order valence-corrected chi connectivity index (χ0v) is 16.3. The lowest BCUT2D eigenvalue weighted by molar-refractivity contribution is 0.0931. The molecule has 0 saturated carbocycles. The smallest absolute Gasteiger partial charge is 0.268 e. The highest BCUT2D eigenvalue weighted by Gasteiger charge is 2.20. The Kier molecular flexibility index (Phi) is 4.81. The average Bonchev–Trinajstić information content (AvgIpc) is 3.20. The minimum absolute atomic E-state index is 0.126. The molecule has 0 bridgehead atoms. The van der Waals surface area contributed by atoms with Crippen molar-refractivity contribution >= 4 is 32.9 Å². The maximum atomic E-state index is 13.0. The summed E-state index contributed by atoms with van der Waals surface area (Å²) in [6.07, 6.45) is 3.45. The van der Waals surface area contributed by atoms with E-state index in [0.717, 1.165) is 16.6 Å². The van der Waals surface area contributed by atoms with E-state index in [1.165, 1.54) is 0 Å². The molecule has 1 unspecified atom stereocenters. The number of carbonyl (C=O) groups excluding carboxylic acids is 1. The molecule has 0 radical (unpaired) electrons. The maximum Gasteiger partial charge on any atom is 0.268 e. The first-order valence-corrected chi connectivity index (χ1v) is 9.44. The van der Waals surface area contributed by atoms with Crippen LogP contribution in [-0.4, -0.2) is 15.5 Å². The van der Waals surface area contributed by atoms with Crippen molar-refractivity contribution in [3.05, 3.63) is 88.5 Å². The highest BCUT2D eigenvalue weighted by Crippen LogP contribution is 2.28. The third-order valence-electron chi connectivity index (χ3n) is 4.53. The van der Waals surface area contributed by atoms with Gasteiger partial charge in [0.2, 0.25) is 0 Å². The van der Waals surface area contributed by atoms with Gasteiger partial charge in [0.05, 0.1) is 11.6 Å². The molecule has 1 aromatic carbocycles. The van der Waals surface area contributed by atoms with E-state index in [1.807, 2.05) is 60.0 Å². The molecule has 0 spiro atoms. The van der Waals surface area contributed by atoms with E-state index in [2.05, 4.69) is 26.2 Å². The van der Waals surface area contributed by atoms with Gasteiger partial charge in [-0.2, -0.15) is 0 Å². The molecule has 3 heterocycles. The number of rotatable bonds is 5. The van der Waals surface area contributed by atoms with Gasteiger partial charge in [-0.05, 0) is 46.1 Å². The lowest BCUT2D eigenvalue weighted by Crippen LogP contribution is -2.28. The third kappa shape index (κ3) is 3.66. The van der Waals surface area contributed by atoms with Gasteiger partial charge in [-0.3, -0.25) is 9.78 Å². The molecule has 1 atom stereocenters. The summed E-state index contributed by atoms with van der Waals surface area (Å²) in [6, 6.07) is 17.4. The Morgan fingerprint density at radius 1 is 1.19 bits per heavy atom. The summed E-state index contributed by atoms with van der Waals surface area (Å²) >= 11 is 3.37. The fourth-order valence-corrected chi connectivity index (χ4v) is 3.53. The van der Waals surface area contributed by atoms with Crippen molar-refractivity contribution in [1.29, 1.82) is 0 Å². The number of benzene rings is 1. The van der Waals surface area contributed by atoms with Crippen molar-refractivity contribution < 1.29 is 9.21 Å². The fraction of sp³-hybridized carbons (Fsp3) is 0.143. The summed E-state index contributed by atoms with van der Waals surface area (Å²) in [5.41, 5.74) is 4.25. The summed E-state index contributed by atoms with van der Waals surface area (Å²) in [7, 11) is 0. The molecule has 3 aromatic heterocycles. The van der Waals surface area contributed by atoms with Crippen LogP contribution in [0.3, 0.4) is 0 Å². The first-order valence-electron chi connectivity index (χ1n) is 8.65. The van der Waals surface area contributed by atoms with E-state index in [4.69, 9.17) is 4.42 Å². The number of nitrogens with one attached hydrogen (secondary N) is 1. The predicted molar refractivity (Wildman–Crippen MR) is 108 cm³/mol. The molecule has 1 amide bonds. The number of amides is 1. The van der Waals surface area contributed by atoms with Gasteiger partial charge in [-0.25, -0.2) is 0 Å². The largest absolute Gasteiger partial charge is 0.448 e. The molecule has 4 aromatic rings. The van der Waals surface area contributed by atoms with Gasteiger partial charge in [0, 0.05) is 31.1 Å². The van der Waals surface area contributed by atoms with E-state index in [9.17, 15) is 4.79 Å². The number of pyridine rings is 1. The number of hydrogen-bond acceptors (Lipinski definition) is 3. The Balaban J connectivity index is 1.67. The Labute approximate surface area is 165 Å². The van der Waals surface area contributed by atoms with E-state index in [0.29, 0.717) is 22.5 Å². The summed E-state index contributed by atoms with van der Waals surface area (Å²) < 4.78 is 8.30. The third-order valence-corrected chi connectivity index (χ3v) is 4.92. The summed E-state index contributed by atoms with van der Waals surface area (Å²) in [6.45, 7) is 2.54. The minimum Gasteiger partial charge on any atom is -0.448 e. The van der Waals surface area contributed by atoms with Gasteiger partial charge >= 0.3 is 0 Å². The average molecular weight is 424 g/mol. The number of hydrogen-bond donors (Lipinski definition) is 1. The monoisotopic (exact) mass is 423 g/mol. The second-order valence-corrected chi connectivity index (χ2v) is 7.16. The highest BCUT2D eigenvalue weighted by atomic mass is 79.9. The van der Waals surface area contributed by atoms with Crippen LogP contribution < -0.4 is 5.32 Å². The second kappa shape index (κ2) is 7.40. The standard InChI is InChI=1S/C21H18BrN3O2/c1-14(16-7-9-23-10-8-16)24-21(26)18-11-19-17(12-20(22)27-19)25(18)13-15-5-3-2-4-6-15/h2-12,14H,13H2,1H3,(H,24,26). The van der Waals surface area contributed by atoms with Gasteiger partial charge in [0.15, 0.2) is 10.3 Å². The van der Waals surface area contributed by atoms with E-state index in [-0.39, 0.29) is 11.9 Å². The van der Waals surface area contributed by atoms with Crippen LogP contribution in [0.4, 0.5) is 0 Å². The van der Waals surface area contributed by atoms with Gasteiger partial charge in [-0.1, -0.05) is 30.3 Å². The van der Waals surface area contributed by atoms with Crippen LogP contribution >= 0.6 is 15.9 Å². The van der Waals surface area contributed by atoms with Crippen molar-refractivity contribution in [3.63, 3.8) is 0 Å². The highest BCUT2D eigenvalue weighted by molar-refractivity contribution is 9.10. The van der Waals surface area contributed by atoms with Crippen LogP contribution in [0, 0.1) is 0 Å². The van der Waals surface area contributed by atoms with Crippen LogP contribution in [0.15, 0.2) is 76.1 Å². The first-order chi connectivity index (χ1) is 13.1. The van der Waals surface area contributed by atoms with Crippen molar-refractivity contribution in [1.82, 2.24) is 14.9 Å². The quantitative estimate of drug-likeness (QED) is 0.494. The number of carbonyl (C=O) groups is 1. The number of halogens is 1. The molecule has 6 heteroatoms. The Morgan fingerprint density at radius 2 is 1.93 bits per heavy atom. The van der Waals surface area contributed by atoms with Crippen LogP contribution in [0.1, 0.15) is 34.6 Å². The Bertz CT molecular complexity index is 1070. The molecule has 4 rings (SSSR count). The molecule has 0 saturated heterocycles. The van der Waals surface area contributed by atoms with Gasteiger partial charge in [0.1, 0.15) is 5.69 Å². The predicted octanol–water partition coefficient (Wildman–Crippen LogP) is 4.93. The molecular weight excluding hydrogens is 406 g/mol. The Hall–Kier alpha value is -2.86. The molecule has 1 N–H and O–H groups in total. The van der Waals surface area contributed by atoms with Crippen molar-refractivity contribution in [2.45, 2.75) is 19.5 Å². The first kappa shape index (κ1) is 17.5. The Morgan fingerprint density at radius 3 is 2.67 bits per heavy atom. The zero-order valence-electron chi connectivity index (χ0n) is 14.7. The molecule has 5 nitrogen and oxygen atoms in total. The van der Waals surface area contributed by atoms with E-state index < -0.39 is 0 Å². The summed E-state index contributed by atoms with van der Waals surface area (Å²) in [5.74, 6) is -0.141. The van der Waals surface area contributed by atoms with Crippen molar-refractivity contribution in [3.8, 4) is 0 Å². The minimum atomic E-state index is -0.141. The molecular formula is C21H18BrN3O2. The normalized spacial score (nSPS) is 12.2. The maximum absolute atomic E-state index is 13.0. The van der Waals surface area contributed by atoms with Crippen molar-refractivity contribution in [2.24, 2.45) is 0 Å².